The number of likely N-dealkylation sites (N-methyl/N-ethyl adjacent to an activating group) is 1. The van der Waals surface area contributed by atoms with Gasteiger partial charge in [-0.1, -0.05) is 12.2 Å². The molecule has 1 N–H and O–H groups in total. The second kappa shape index (κ2) is 10.1. The summed E-state index contributed by atoms with van der Waals surface area (Å²) < 4.78 is 15.0. The van der Waals surface area contributed by atoms with Crippen molar-refractivity contribution >= 4 is 40.1 Å². The normalized spacial score (nSPS) is 20.6. The van der Waals surface area contributed by atoms with E-state index in [1.807, 2.05) is 24.3 Å². The lowest BCUT2D eigenvalue weighted by molar-refractivity contribution is -0.121. The molecular formula is C30H31N9O4. The molecule has 4 aliphatic rings. The number of carbonyl (C=O) groups is 1. The fraction of sp³-hybridized carbons (Fsp3) is 0.367. The van der Waals surface area contributed by atoms with E-state index in [0.29, 0.717) is 60.1 Å². The Balaban J connectivity index is 1.20. The molecule has 13 nitrogen and oxygen atoms in total. The number of nitrogens with one attached hydrogen (secondary N) is 1. The van der Waals surface area contributed by atoms with Crippen molar-refractivity contribution < 1.29 is 14.3 Å². The number of hydrogen-bond donors (Lipinski definition) is 1. The van der Waals surface area contributed by atoms with Crippen LogP contribution in [0.1, 0.15) is 12.8 Å². The molecule has 0 unspecified atom stereocenters. The summed E-state index contributed by atoms with van der Waals surface area (Å²) in [6, 6.07) is 9.86. The number of hydrogen-bond acceptors (Lipinski definition) is 10. The Morgan fingerprint density at radius 2 is 1.91 bits per heavy atom. The average molecular weight is 582 g/mol. The summed E-state index contributed by atoms with van der Waals surface area (Å²) in [6.45, 7) is 4.40. The van der Waals surface area contributed by atoms with Crippen molar-refractivity contribution in [2.24, 2.45) is 0 Å². The zero-order valence-electron chi connectivity index (χ0n) is 23.8. The third-order valence-corrected chi connectivity index (χ3v) is 8.46. The highest BCUT2D eigenvalue weighted by atomic mass is 16.5. The maximum absolute atomic E-state index is 13.6. The van der Waals surface area contributed by atoms with Crippen molar-refractivity contribution in [2.75, 3.05) is 61.6 Å². The molecule has 1 atom stereocenters. The van der Waals surface area contributed by atoms with Gasteiger partial charge in [0, 0.05) is 38.1 Å². The standard InChI is InChI=1S/C30H31N9O4/c1-35-12-13-36-20(16-35)17-42-23-7-6-19(14-22(23)36)32-30-31-15-21-27(34-30)39-25-9-8-24-28(33-25)37(26(40)18-43-24)10-4-2-3-5-11-38(39)29(21)41/h3,5-9,14-15,20H,2,4,10-13,16-18H2,1H3,(H,31,32,34)/b5-3-/t20-/m0/s1. The van der Waals surface area contributed by atoms with E-state index in [2.05, 4.69) is 33.2 Å². The van der Waals surface area contributed by atoms with Gasteiger partial charge >= 0.3 is 0 Å². The summed E-state index contributed by atoms with van der Waals surface area (Å²) in [5.41, 5.74) is 2.05. The number of allylic oxidation sites excluding steroid dienone is 2. The van der Waals surface area contributed by atoms with Gasteiger partial charge in [0.25, 0.3) is 11.5 Å². The first-order valence-electron chi connectivity index (χ1n) is 14.6. The van der Waals surface area contributed by atoms with Crippen molar-refractivity contribution in [3.05, 3.63) is 59.0 Å². The molecule has 43 heavy (non-hydrogen) atoms. The Bertz CT molecular complexity index is 1850. The van der Waals surface area contributed by atoms with Crippen molar-refractivity contribution in [2.45, 2.75) is 25.4 Å². The molecule has 1 fully saturated rings. The fourth-order valence-electron chi connectivity index (χ4n) is 6.29. The Hall–Kier alpha value is -4.91. The number of fused-ring (bicyclic) bond motifs is 8. The van der Waals surface area contributed by atoms with Gasteiger partial charge < -0.3 is 24.6 Å². The number of anilines is 4. The monoisotopic (exact) mass is 581 g/mol. The largest absolute Gasteiger partial charge is 0.489 e. The molecule has 1 aromatic carbocycles. The van der Waals surface area contributed by atoms with E-state index in [1.54, 1.807) is 32.6 Å². The number of nitrogens with zero attached hydrogens (tertiary/aromatic N) is 8. The topological polar surface area (TPSA) is 123 Å². The van der Waals surface area contributed by atoms with Crippen LogP contribution in [0.2, 0.25) is 0 Å². The van der Waals surface area contributed by atoms with Crippen molar-refractivity contribution in [1.82, 2.24) is 29.2 Å². The van der Waals surface area contributed by atoms with Crippen molar-refractivity contribution in [1.29, 1.82) is 0 Å². The smallest absolute Gasteiger partial charge is 0.278 e. The molecule has 1 saturated heterocycles. The molecule has 4 aromatic rings. The van der Waals surface area contributed by atoms with Gasteiger partial charge in [0.2, 0.25) is 5.95 Å². The highest BCUT2D eigenvalue weighted by molar-refractivity contribution is 5.96. The number of amides is 1. The van der Waals surface area contributed by atoms with Gasteiger partial charge in [-0.15, -0.1) is 0 Å². The van der Waals surface area contributed by atoms with E-state index in [0.717, 1.165) is 49.6 Å². The molecule has 1 amide bonds. The van der Waals surface area contributed by atoms with Crippen LogP contribution >= 0.6 is 0 Å². The zero-order valence-corrected chi connectivity index (χ0v) is 23.8. The van der Waals surface area contributed by atoms with Gasteiger partial charge in [-0.05, 0) is 50.2 Å². The third kappa shape index (κ3) is 4.38. The minimum Gasteiger partial charge on any atom is -0.489 e. The van der Waals surface area contributed by atoms with Crippen LogP contribution in [0.3, 0.4) is 0 Å². The Kier molecular flexibility index (Phi) is 6.07. The number of piperazine rings is 1. The predicted molar refractivity (Wildman–Crippen MR) is 161 cm³/mol. The summed E-state index contributed by atoms with van der Waals surface area (Å²) in [4.78, 5) is 46.9. The molecule has 7 heterocycles. The van der Waals surface area contributed by atoms with Crippen LogP contribution in [0.4, 0.5) is 23.1 Å². The molecule has 0 radical (unpaired) electrons. The molecule has 220 valence electrons. The number of ether oxygens (including phenoxy) is 2. The van der Waals surface area contributed by atoms with Crippen LogP contribution in [-0.2, 0) is 11.3 Å². The van der Waals surface area contributed by atoms with Crippen LogP contribution in [-0.4, -0.2) is 87.6 Å². The maximum atomic E-state index is 13.6. The third-order valence-electron chi connectivity index (χ3n) is 8.46. The Morgan fingerprint density at radius 1 is 1.00 bits per heavy atom. The molecule has 0 spiro atoms. The number of aromatic nitrogens is 5. The van der Waals surface area contributed by atoms with Crippen LogP contribution < -0.4 is 30.1 Å². The van der Waals surface area contributed by atoms with Crippen molar-refractivity contribution in [3.8, 4) is 17.3 Å². The number of carbonyl (C=O) groups excluding carboxylic acids is 1. The SMILES string of the molecule is CN1CCN2c3cc(Nc4ncc5c(=O)n6n(c5n4)-c4ccc5c(n4)N(CCC/C=C\C6)C(=O)CO5)ccc3OC[C@@H]2C1. The summed E-state index contributed by atoms with van der Waals surface area (Å²) in [5.74, 6) is 2.52. The van der Waals surface area contributed by atoms with Crippen molar-refractivity contribution in [3.63, 3.8) is 0 Å². The van der Waals surface area contributed by atoms with E-state index in [1.165, 1.54) is 0 Å². The fourth-order valence-corrected chi connectivity index (χ4v) is 6.29. The summed E-state index contributed by atoms with van der Waals surface area (Å²) in [5, 5.41) is 3.71. The minimum atomic E-state index is -0.223. The molecule has 4 aliphatic heterocycles. The number of benzene rings is 1. The lowest BCUT2D eigenvalue weighted by Crippen LogP contribution is -2.56. The van der Waals surface area contributed by atoms with E-state index < -0.39 is 0 Å². The Labute approximate surface area is 246 Å². The van der Waals surface area contributed by atoms with Gasteiger partial charge in [0.05, 0.1) is 18.3 Å². The Morgan fingerprint density at radius 3 is 2.84 bits per heavy atom. The van der Waals surface area contributed by atoms with Gasteiger partial charge in [0.15, 0.2) is 29.6 Å². The van der Waals surface area contributed by atoms with Gasteiger partial charge in [-0.3, -0.25) is 14.5 Å². The highest BCUT2D eigenvalue weighted by Crippen LogP contribution is 2.38. The molecule has 0 aliphatic carbocycles. The van der Waals surface area contributed by atoms with E-state index in [-0.39, 0.29) is 18.1 Å². The van der Waals surface area contributed by atoms with Gasteiger partial charge in [0.1, 0.15) is 17.7 Å². The molecule has 2 bridgehead atoms. The van der Waals surface area contributed by atoms with Crippen LogP contribution in [0, 0.1) is 0 Å². The first-order chi connectivity index (χ1) is 21.0. The zero-order chi connectivity index (χ0) is 29.1. The summed E-state index contributed by atoms with van der Waals surface area (Å²) >= 11 is 0. The second-order valence-electron chi connectivity index (χ2n) is 11.3. The predicted octanol–water partition coefficient (Wildman–Crippen LogP) is 2.31. The number of pyridine rings is 1. The highest BCUT2D eigenvalue weighted by Gasteiger charge is 2.32. The summed E-state index contributed by atoms with van der Waals surface area (Å²) in [7, 11) is 2.14. The molecule has 8 rings (SSSR count). The lowest BCUT2D eigenvalue weighted by Gasteiger charge is -2.44. The molecule has 0 saturated carbocycles. The minimum absolute atomic E-state index is 0.0203. The van der Waals surface area contributed by atoms with Crippen LogP contribution in [0.25, 0.3) is 16.9 Å². The first-order valence-corrected chi connectivity index (χ1v) is 14.6. The molecule has 3 aromatic heterocycles. The van der Waals surface area contributed by atoms with Gasteiger partial charge in [-0.25, -0.2) is 19.3 Å². The van der Waals surface area contributed by atoms with E-state index >= 15 is 0 Å². The first kappa shape index (κ1) is 25.8. The van der Waals surface area contributed by atoms with E-state index in [4.69, 9.17) is 19.4 Å². The van der Waals surface area contributed by atoms with Crippen LogP contribution in [0.5, 0.6) is 11.5 Å². The molecule has 13 heteroatoms. The lowest BCUT2D eigenvalue weighted by atomic mass is 10.1. The molecular weight excluding hydrogens is 550 g/mol. The second-order valence-corrected chi connectivity index (χ2v) is 11.3. The van der Waals surface area contributed by atoms with Gasteiger partial charge in [-0.2, -0.15) is 4.98 Å². The quantitative estimate of drug-likeness (QED) is 0.353. The average Bonchev–Trinajstić information content (AvgIpc) is 3.28. The van der Waals surface area contributed by atoms with E-state index in [9.17, 15) is 9.59 Å². The summed E-state index contributed by atoms with van der Waals surface area (Å²) in [6.07, 6.45) is 7.09. The maximum Gasteiger partial charge on any atom is 0.278 e. The van der Waals surface area contributed by atoms with Crippen LogP contribution in [0.15, 0.2) is 53.5 Å². The number of rotatable bonds is 2.